The zero-order valence-corrected chi connectivity index (χ0v) is 19.0. The van der Waals surface area contributed by atoms with E-state index in [0.717, 1.165) is 77.0 Å². The molecule has 0 aliphatic heterocycles. The highest BCUT2D eigenvalue weighted by atomic mass is 17.2. The van der Waals surface area contributed by atoms with E-state index in [4.69, 9.17) is 29.8 Å². The van der Waals surface area contributed by atoms with Gasteiger partial charge in [0.15, 0.2) is 0 Å². The molecule has 0 saturated heterocycles. The van der Waals surface area contributed by atoms with Crippen LogP contribution in [0.15, 0.2) is 24.3 Å². The lowest BCUT2D eigenvalue weighted by atomic mass is 10.1. The molecule has 0 spiro atoms. The summed E-state index contributed by atoms with van der Waals surface area (Å²) in [4.78, 5) is 44.2. The second-order valence-electron chi connectivity index (χ2n) is 7.62. The quantitative estimate of drug-likeness (QED) is 0.168. The predicted octanol–water partition coefficient (Wildman–Crippen LogP) is 4.53. The minimum absolute atomic E-state index is 0.0500. The van der Waals surface area contributed by atoms with E-state index in [1.165, 1.54) is 12.1 Å². The highest BCUT2D eigenvalue weighted by molar-refractivity contribution is 6.02. The van der Waals surface area contributed by atoms with Crippen molar-refractivity contribution in [3.8, 4) is 0 Å². The molecule has 0 saturated carbocycles. The van der Waals surface area contributed by atoms with Crippen LogP contribution in [-0.4, -0.2) is 48.6 Å². The maximum absolute atomic E-state index is 12.3. The summed E-state index contributed by atoms with van der Waals surface area (Å²) in [6.07, 6.45) is 11.3. The fraction of sp³-hybridized carbons (Fsp3) is 0.667. The van der Waals surface area contributed by atoms with E-state index >= 15 is 0 Å². The molecule has 1 rings (SSSR count). The van der Waals surface area contributed by atoms with Crippen molar-refractivity contribution in [1.82, 2.24) is 0 Å². The van der Waals surface area contributed by atoms with Crippen LogP contribution in [0.25, 0.3) is 0 Å². The van der Waals surface area contributed by atoms with Gasteiger partial charge in [-0.1, -0.05) is 63.5 Å². The lowest BCUT2D eigenvalue weighted by molar-refractivity contribution is -0.243. The molecule has 8 heteroatoms. The van der Waals surface area contributed by atoms with Crippen LogP contribution in [-0.2, 0) is 19.6 Å². The second-order valence-corrected chi connectivity index (χ2v) is 7.62. The normalized spacial score (nSPS) is 10.8. The molecule has 32 heavy (non-hydrogen) atoms. The van der Waals surface area contributed by atoms with Gasteiger partial charge in [-0.15, -0.1) is 0 Å². The van der Waals surface area contributed by atoms with Gasteiger partial charge < -0.3 is 10.2 Å². The topological polar surface area (TPSA) is 112 Å². The van der Waals surface area contributed by atoms with Crippen molar-refractivity contribution >= 4 is 11.9 Å². The monoisotopic (exact) mass is 454 g/mol. The smallest absolute Gasteiger partial charge is 0.373 e. The largest absolute Gasteiger partial charge is 0.396 e. The van der Waals surface area contributed by atoms with Crippen molar-refractivity contribution in [3.05, 3.63) is 35.4 Å². The van der Waals surface area contributed by atoms with E-state index < -0.39 is 11.9 Å². The summed E-state index contributed by atoms with van der Waals surface area (Å²) >= 11 is 0. The number of aliphatic hydroxyl groups excluding tert-OH is 2. The molecule has 0 unspecified atom stereocenters. The molecule has 182 valence electrons. The lowest BCUT2D eigenvalue weighted by Gasteiger charge is -2.08. The molecular weight excluding hydrogens is 416 g/mol. The van der Waals surface area contributed by atoms with E-state index in [-0.39, 0.29) is 37.6 Å². The Morgan fingerprint density at radius 1 is 0.562 bits per heavy atom. The average Bonchev–Trinajstić information content (AvgIpc) is 2.81. The van der Waals surface area contributed by atoms with Gasteiger partial charge in [-0.05, 0) is 37.8 Å². The molecule has 0 radical (unpaired) electrons. The van der Waals surface area contributed by atoms with Crippen LogP contribution in [0.2, 0.25) is 0 Å². The maximum atomic E-state index is 12.3. The summed E-state index contributed by atoms with van der Waals surface area (Å²) in [6, 6.07) is 6.18. The number of benzene rings is 1. The van der Waals surface area contributed by atoms with Crippen LogP contribution in [0.3, 0.4) is 0 Å². The second kappa shape index (κ2) is 19.7. The molecule has 2 N–H and O–H groups in total. The van der Waals surface area contributed by atoms with Crippen molar-refractivity contribution in [3.63, 3.8) is 0 Å². The summed E-state index contributed by atoms with van der Waals surface area (Å²) < 4.78 is 0. The molecule has 0 bridgehead atoms. The Hall–Kier alpha value is -2.00. The third-order valence-electron chi connectivity index (χ3n) is 4.91. The fourth-order valence-corrected chi connectivity index (χ4v) is 3.08. The third-order valence-corrected chi connectivity index (χ3v) is 4.91. The van der Waals surface area contributed by atoms with Gasteiger partial charge in [0.25, 0.3) is 0 Å². The van der Waals surface area contributed by atoms with Crippen LogP contribution in [0.4, 0.5) is 0 Å². The van der Waals surface area contributed by atoms with Gasteiger partial charge in [-0.3, -0.25) is 9.78 Å². The molecule has 0 aromatic heterocycles. The van der Waals surface area contributed by atoms with Gasteiger partial charge in [0.05, 0.1) is 24.3 Å². The number of hydrogen-bond donors (Lipinski definition) is 2. The Morgan fingerprint density at radius 3 is 1.28 bits per heavy atom. The van der Waals surface area contributed by atoms with E-state index in [2.05, 4.69) is 0 Å². The van der Waals surface area contributed by atoms with E-state index in [9.17, 15) is 9.59 Å². The SMILES string of the molecule is O=C(OOCCCCCCCCO)c1ccccc1C(=O)OOCCCCCCCCO. The van der Waals surface area contributed by atoms with Gasteiger partial charge >= 0.3 is 11.9 Å². The minimum Gasteiger partial charge on any atom is -0.396 e. The molecule has 0 aliphatic carbocycles. The number of aliphatic hydroxyl groups is 2. The Labute approximate surface area is 190 Å². The Morgan fingerprint density at radius 2 is 0.906 bits per heavy atom. The molecule has 0 atom stereocenters. The molecule has 0 amide bonds. The van der Waals surface area contributed by atoms with Gasteiger partial charge in [0, 0.05) is 13.2 Å². The predicted molar refractivity (Wildman–Crippen MR) is 119 cm³/mol. The van der Waals surface area contributed by atoms with Crippen LogP contribution in [0.1, 0.15) is 97.8 Å². The van der Waals surface area contributed by atoms with E-state index in [1.807, 2.05) is 0 Å². The average molecular weight is 455 g/mol. The summed E-state index contributed by atoms with van der Waals surface area (Å²) in [5.41, 5.74) is 0.1000. The van der Waals surface area contributed by atoms with E-state index in [0.29, 0.717) is 0 Å². The molecular formula is C24H38O8. The Bertz CT molecular complexity index is 567. The van der Waals surface area contributed by atoms with Crippen molar-refractivity contribution < 1.29 is 39.4 Å². The lowest BCUT2D eigenvalue weighted by Crippen LogP contribution is -2.15. The molecule has 0 fully saturated rings. The first kappa shape index (κ1) is 28.0. The van der Waals surface area contributed by atoms with Crippen LogP contribution >= 0.6 is 0 Å². The van der Waals surface area contributed by atoms with Crippen molar-refractivity contribution in [2.24, 2.45) is 0 Å². The number of hydrogen-bond acceptors (Lipinski definition) is 8. The van der Waals surface area contributed by atoms with E-state index in [1.54, 1.807) is 12.1 Å². The highest BCUT2D eigenvalue weighted by Gasteiger charge is 2.20. The van der Waals surface area contributed by atoms with Gasteiger partial charge in [0.2, 0.25) is 0 Å². The van der Waals surface area contributed by atoms with Crippen molar-refractivity contribution in [1.29, 1.82) is 0 Å². The summed E-state index contributed by atoms with van der Waals surface area (Å²) in [5, 5.41) is 17.5. The summed E-state index contributed by atoms with van der Waals surface area (Å²) in [5.74, 6) is -1.52. The Balaban J connectivity index is 2.24. The van der Waals surface area contributed by atoms with Crippen molar-refractivity contribution in [2.75, 3.05) is 26.4 Å². The van der Waals surface area contributed by atoms with Gasteiger partial charge in [-0.2, -0.15) is 9.78 Å². The van der Waals surface area contributed by atoms with Crippen LogP contribution in [0, 0.1) is 0 Å². The Kier molecular flexibility index (Phi) is 17.2. The molecule has 8 nitrogen and oxygen atoms in total. The van der Waals surface area contributed by atoms with Gasteiger partial charge in [-0.25, -0.2) is 9.59 Å². The summed E-state index contributed by atoms with van der Waals surface area (Å²) in [6.45, 7) is 1.02. The first-order valence-electron chi connectivity index (χ1n) is 11.7. The number of carbonyl (C=O) groups excluding carboxylic acids is 2. The summed E-state index contributed by atoms with van der Waals surface area (Å²) in [7, 11) is 0. The molecule has 1 aromatic carbocycles. The molecule has 0 heterocycles. The van der Waals surface area contributed by atoms with Crippen LogP contribution in [0.5, 0.6) is 0 Å². The molecule has 0 aliphatic rings. The van der Waals surface area contributed by atoms with Crippen molar-refractivity contribution in [2.45, 2.75) is 77.0 Å². The zero-order valence-electron chi connectivity index (χ0n) is 19.0. The number of carbonyl (C=O) groups is 2. The number of unbranched alkanes of at least 4 members (excludes halogenated alkanes) is 10. The molecule has 1 aromatic rings. The first-order valence-corrected chi connectivity index (χ1v) is 11.7. The standard InChI is InChI=1S/C24H38O8/c25-17-11-5-1-3-7-13-19-29-31-23(27)21-15-9-10-16-22(21)24(28)32-30-20-14-8-4-2-6-12-18-26/h9-10,15-16,25-26H,1-8,11-14,17-20H2. The maximum Gasteiger partial charge on any atom is 0.373 e. The third kappa shape index (κ3) is 13.4. The highest BCUT2D eigenvalue weighted by Crippen LogP contribution is 2.13. The van der Waals surface area contributed by atoms with Crippen LogP contribution < -0.4 is 0 Å². The minimum atomic E-state index is -0.761. The first-order chi connectivity index (χ1) is 15.7. The zero-order chi connectivity index (χ0) is 23.3. The fourth-order valence-electron chi connectivity index (χ4n) is 3.08. The van der Waals surface area contributed by atoms with Gasteiger partial charge in [0.1, 0.15) is 0 Å². The number of rotatable bonds is 20.